The maximum atomic E-state index is 12.3. The predicted octanol–water partition coefficient (Wildman–Crippen LogP) is 3.65. The molecule has 0 saturated heterocycles. The highest BCUT2D eigenvalue weighted by Gasteiger charge is 2.28. The quantitative estimate of drug-likeness (QED) is 0.941. The number of hydrogen-bond donors (Lipinski definition) is 1. The Morgan fingerprint density at radius 3 is 2.33 bits per heavy atom. The second kappa shape index (κ2) is 6.22. The Morgan fingerprint density at radius 2 is 1.81 bits per heavy atom. The van der Waals surface area contributed by atoms with Gasteiger partial charge in [-0.25, -0.2) is 9.97 Å². The fourth-order valence-corrected chi connectivity index (χ4v) is 2.18. The number of hydrogen-bond acceptors (Lipinski definition) is 3. The van der Waals surface area contributed by atoms with Gasteiger partial charge in [0.1, 0.15) is 10.8 Å². The number of halogens is 1. The first-order valence-corrected chi connectivity index (χ1v) is 7.09. The minimum absolute atomic E-state index is 0.122. The molecule has 1 aromatic carbocycles. The van der Waals surface area contributed by atoms with Crippen molar-refractivity contribution in [3.05, 3.63) is 59.1 Å². The third-order valence-corrected chi connectivity index (χ3v) is 3.32. The van der Waals surface area contributed by atoms with Crippen molar-refractivity contribution < 1.29 is 4.79 Å². The van der Waals surface area contributed by atoms with Crippen LogP contribution in [0.25, 0.3) is 0 Å². The molecular weight excluding hydrogens is 286 g/mol. The molecule has 1 N–H and O–H groups in total. The fraction of sp³-hybridized carbons (Fsp3) is 0.312. The predicted molar refractivity (Wildman–Crippen MR) is 83.1 cm³/mol. The van der Waals surface area contributed by atoms with E-state index in [9.17, 15) is 4.79 Å². The van der Waals surface area contributed by atoms with Crippen LogP contribution in [0.1, 0.15) is 42.9 Å². The van der Waals surface area contributed by atoms with Crippen molar-refractivity contribution in [3.63, 3.8) is 0 Å². The van der Waals surface area contributed by atoms with Crippen molar-refractivity contribution in [2.75, 3.05) is 0 Å². The van der Waals surface area contributed by atoms with Crippen LogP contribution >= 0.6 is 11.6 Å². The lowest BCUT2D eigenvalue weighted by Gasteiger charge is -2.31. The van der Waals surface area contributed by atoms with Crippen molar-refractivity contribution in [3.8, 4) is 0 Å². The van der Waals surface area contributed by atoms with E-state index in [1.807, 2.05) is 30.3 Å². The number of rotatable bonds is 3. The van der Waals surface area contributed by atoms with Crippen LogP contribution in [0.4, 0.5) is 0 Å². The Balaban J connectivity index is 2.24. The SMILES string of the molecule is CC(C)(C)C(NC(=O)c1cnc(Cl)cn1)c1ccccc1. The van der Waals surface area contributed by atoms with E-state index in [4.69, 9.17) is 11.6 Å². The van der Waals surface area contributed by atoms with Gasteiger partial charge in [0.05, 0.1) is 18.4 Å². The van der Waals surface area contributed by atoms with Gasteiger partial charge in [-0.2, -0.15) is 0 Å². The summed E-state index contributed by atoms with van der Waals surface area (Å²) in [5, 5.41) is 3.29. The monoisotopic (exact) mass is 303 g/mol. The fourth-order valence-electron chi connectivity index (χ4n) is 2.08. The van der Waals surface area contributed by atoms with E-state index in [1.54, 1.807) is 0 Å². The molecule has 5 heteroatoms. The van der Waals surface area contributed by atoms with E-state index in [1.165, 1.54) is 12.4 Å². The molecule has 1 unspecified atom stereocenters. The van der Waals surface area contributed by atoms with E-state index in [-0.39, 0.29) is 28.2 Å². The molecule has 0 bridgehead atoms. The third-order valence-electron chi connectivity index (χ3n) is 3.13. The van der Waals surface area contributed by atoms with Crippen LogP contribution in [0, 0.1) is 5.41 Å². The Labute approximate surface area is 129 Å². The van der Waals surface area contributed by atoms with Crippen LogP contribution in [0.15, 0.2) is 42.7 Å². The molecule has 1 aromatic heterocycles. The molecule has 0 spiro atoms. The molecule has 0 aliphatic carbocycles. The molecule has 0 saturated carbocycles. The smallest absolute Gasteiger partial charge is 0.271 e. The average Bonchev–Trinajstić information content (AvgIpc) is 2.45. The van der Waals surface area contributed by atoms with Crippen molar-refractivity contribution in [2.45, 2.75) is 26.8 Å². The highest BCUT2D eigenvalue weighted by molar-refractivity contribution is 6.29. The lowest BCUT2D eigenvalue weighted by Crippen LogP contribution is -2.37. The van der Waals surface area contributed by atoms with E-state index in [0.717, 1.165) is 5.56 Å². The van der Waals surface area contributed by atoms with Gasteiger partial charge in [0, 0.05) is 0 Å². The molecule has 4 nitrogen and oxygen atoms in total. The van der Waals surface area contributed by atoms with Crippen LogP contribution in [0.5, 0.6) is 0 Å². The number of carbonyl (C=O) groups excluding carboxylic acids is 1. The number of aromatic nitrogens is 2. The number of carbonyl (C=O) groups is 1. The van der Waals surface area contributed by atoms with Crippen LogP contribution in [0.2, 0.25) is 5.15 Å². The summed E-state index contributed by atoms with van der Waals surface area (Å²) in [7, 11) is 0. The van der Waals surface area contributed by atoms with Crippen molar-refractivity contribution in [1.82, 2.24) is 15.3 Å². The highest BCUT2D eigenvalue weighted by atomic mass is 35.5. The second-order valence-electron chi connectivity index (χ2n) is 5.91. The summed E-state index contributed by atoms with van der Waals surface area (Å²) in [6.07, 6.45) is 2.74. The van der Waals surface area contributed by atoms with Crippen LogP contribution in [-0.2, 0) is 0 Å². The van der Waals surface area contributed by atoms with Gasteiger partial charge >= 0.3 is 0 Å². The molecule has 2 rings (SSSR count). The lowest BCUT2D eigenvalue weighted by molar-refractivity contribution is 0.0896. The minimum atomic E-state index is -0.261. The largest absolute Gasteiger partial charge is 0.343 e. The van der Waals surface area contributed by atoms with Crippen LogP contribution < -0.4 is 5.32 Å². The zero-order valence-electron chi connectivity index (χ0n) is 12.3. The summed E-state index contributed by atoms with van der Waals surface area (Å²) >= 11 is 5.69. The summed E-state index contributed by atoms with van der Waals surface area (Å²) < 4.78 is 0. The molecule has 1 amide bonds. The first-order valence-electron chi connectivity index (χ1n) is 6.71. The van der Waals surface area contributed by atoms with Crippen molar-refractivity contribution >= 4 is 17.5 Å². The molecule has 21 heavy (non-hydrogen) atoms. The van der Waals surface area contributed by atoms with Gasteiger partial charge in [0.25, 0.3) is 5.91 Å². The van der Waals surface area contributed by atoms with E-state index < -0.39 is 0 Å². The number of benzene rings is 1. The summed E-state index contributed by atoms with van der Waals surface area (Å²) in [5.41, 5.74) is 1.18. The summed E-state index contributed by atoms with van der Waals surface area (Å²) in [6.45, 7) is 6.25. The molecule has 1 atom stereocenters. The first-order chi connectivity index (χ1) is 9.88. The first kappa shape index (κ1) is 15.4. The normalized spacial score (nSPS) is 12.8. The van der Waals surface area contributed by atoms with Gasteiger partial charge in [0.2, 0.25) is 0 Å². The van der Waals surface area contributed by atoms with Gasteiger partial charge in [-0.3, -0.25) is 4.79 Å². The molecule has 1 heterocycles. The molecule has 0 fully saturated rings. The van der Waals surface area contributed by atoms with Gasteiger partial charge in [0.15, 0.2) is 0 Å². The molecule has 0 aliphatic heterocycles. The van der Waals surface area contributed by atoms with E-state index >= 15 is 0 Å². The minimum Gasteiger partial charge on any atom is -0.343 e. The van der Waals surface area contributed by atoms with Gasteiger partial charge < -0.3 is 5.32 Å². The van der Waals surface area contributed by atoms with Crippen LogP contribution in [0.3, 0.4) is 0 Å². The zero-order chi connectivity index (χ0) is 15.5. The topological polar surface area (TPSA) is 54.9 Å². The van der Waals surface area contributed by atoms with Crippen molar-refractivity contribution in [1.29, 1.82) is 0 Å². The summed E-state index contributed by atoms with van der Waals surface area (Å²) in [5.74, 6) is -0.261. The Bertz CT molecular complexity index is 606. The van der Waals surface area contributed by atoms with Crippen LogP contribution in [-0.4, -0.2) is 15.9 Å². The Kier molecular flexibility index (Phi) is 4.58. The number of nitrogens with one attached hydrogen (secondary N) is 1. The third kappa shape index (κ3) is 4.02. The molecule has 0 radical (unpaired) electrons. The highest BCUT2D eigenvalue weighted by Crippen LogP contribution is 2.32. The summed E-state index contributed by atoms with van der Waals surface area (Å²) in [4.78, 5) is 20.2. The maximum absolute atomic E-state index is 12.3. The number of amides is 1. The van der Waals surface area contributed by atoms with E-state index in [2.05, 4.69) is 36.1 Å². The van der Waals surface area contributed by atoms with Gasteiger partial charge in [-0.05, 0) is 11.0 Å². The van der Waals surface area contributed by atoms with Crippen molar-refractivity contribution in [2.24, 2.45) is 5.41 Å². The standard InChI is InChI=1S/C16H18ClN3O/c1-16(2,3)14(11-7-5-4-6-8-11)20-15(21)12-9-19-13(17)10-18-12/h4-10,14H,1-3H3,(H,20,21). The second-order valence-corrected chi connectivity index (χ2v) is 6.29. The Morgan fingerprint density at radius 1 is 1.14 bits per heavy atom. The maximum Gasteiger partial charge on any atom is 0.271 e. The molecular formula is C16H18ClN3O. The van der Waals surface area contributed by atoms with E-state index in [0.29, 0.717) is 0 Å². The van der Waals surface area contributed by atoms with Gasteiger partial charge in [-0.15, -0.1) is 0 Å². The summed E-state index contributed by atoms with van der Waals surface area (Å²) in [6, 6.07) is 9.76. The number of nitrogens with zero attached hydrogens (tertiary/aromatic N) is 2. The molecule has 0 aliphatic rings. The molecule has 2 aromatic rings. The lowest BCUT2D eigenvalue weighted by atomic mass is 9.82. The average molecular weight is 304 g/mol. The zero-order valence-corrected chi connectivity index (χ0v) is 13.1. The molecule has 110 valence electrons. The Hall–Kier alpha value is -1.94. The van der Waals surface area contributed by atoms with Gasteiger partial charge in [-0.1, -0.05) is 62.7 Å².